The minimum atomic E-state index is -1.37. The molecule has 3 heteroatoms. The highest BCUT2D eigenvalue weighted by Gasteiger charge is 2.24. The lowest BCUT2D eigenvalue weighted by Crippen LogP contribution is -2.15. The van der Waals surface area contributed by atoms with Gasteiger partial charge in [0.25, 0.3) is 0 Å². The summed E-state index contributed by atoms with van der Waals surface area (Å²) in [6.45, 7) is 4.34. The quantitative estimate of drug-likeness (QED) is 0.463. The van der Waals surface area contributed by atoms with Crippen LogP contribution in [0, 0.1) is 23.4 Å². The molecule has 1 aliphatic rings. The predicted octanol–water partition coefficient (Wildman–Crippen LogP) is 6.12. The molecule has 2 rings (SSSR count). The third-order valence-corrected chi connectivity index (χ3v) is 4.60. The van der Waals surface area contributed by atoms with Crippen molar-refractivity contribution in [1.29, 1.82) is 0 Å². The van der Waals surface area contributed by atoms with Gasteiger partial charge in [-0.2, -0.15) is 0 Å². The smallest absolute Gasteiger partial charge is 0.194 e. The summed E-state index contributed by atoms with van der Waals surface area (Å²) in [7, 11) is 0. The van der Waals surface area contributed by atoms with E-state index in [1.165, 1.54) is 5.57 Å². The van der Waals surface area contributed by atoms with E-state index < -0.39 is 17.5 Å². The molecule has 116 valence electrons. The summed E-state index contributed by atoms with van der Waals surface area (Å²) in [5.74, 6) is -2.80. The van der Waals surface area contributed by atoms with Crippen molar-refractivity contribution in [1.82, 2.24) is 0 Å². The maximum Gasteiger partial charge on any atom is 0.194 e. The Morgan fingerprint density at radius 1 is 1.10 bits per heavy atom. The molecule has 1 aromatic carbocycles. The van der Waals surface area contributed by atoms with Crippen molar-refractivity contribution in [2.45, 2.75) is 58.3 Å². The van der Waals surface area contributed by atoms with Crippen molar-refractivity contribution in [3.8, 4) is 0 Å². The Kier molecular flexibility index (Phi) is 5.49. The molecule has 0 aromatic heterocycles. The van der Waals surface area contributed by atoms with Crippen LogP contribution in [0.5, 0.6) is 0 Å². The first-order chi connectivity index (χ1) is 10.0. The molecule has 1 saturated carbocycles. The largest absolute Gasteiger partial charge is 0.204 e. The van der Waals surface area contributed by atoms with Crippen molar-refractivity contribution < 1.29 is 13.2 Å². The van der Waals surface area contributed by atoms with Gasteiger partial charge in [-0.25, -0.2) is 13.2 Å². The van der Waals surface area contributed by atoms with Crippen molar-refractivity contribution >= 4 is 0 Å². The van der Waals surface area contributed by atoms with Gasteiger partial charge in [-0.15, -0.1) is 0 Å². The van der Waals surface area contributed by atoms with Gasteiger partial charge in [-0.1, -0.05) is 25.0 Å². The van der Waals surface area contributed by atoms with Crippen LogP contribution in [-0.2, 0) is 0 Å². The van der Waals surface area contributed by atoms with Gasteiger partial charge in [0.2, 0.25) is 0 Å². The molecular formula is C18H23F3. The molecule has 0 bridgehead atoms. The van der Waals surface area contributed by atoms with Crippen LogP contribution in [0.2, 0.25) is 0 Å². The zero-order valence-electron chi connectivity index (χ0n) is 12.8. The van der Waals surface area contributed by atoms with Crippen LogP contribution in [-0.4, -0.2) is 0 Å². The van der Waals surface area contributed by atoms with E-state index >= 15 is 0 Å². The molecule has 0 amide bonds. The van der Waals surface area contributed by atoms with Crippen LogP contribution >= 0.6 is 0 Å². The van der Waals surface area contributed by atoms with Crippen LogP contribution < -0.4 is 0 Å². The SMILES string of the molecule is CCC/C=C(\C)C1CCC(c2cc(F)c(F)c(F)c2)CC1. The molecule has 0 heterocycles. The Morgan fingerprint density at radius 2 is 1.67 bits per heavy atom. The van der Waals surface area contributed by atoms with Gasteiger partial charge in [0.05, 0.1) is 0 Å². The van der Waals surface area contributed by atoms with Crippen molar-refractivity contribution in [2.75, 3.05) is 0 Å². The Hall–Kier alpha value is -1.25. The minimum Gasteiger partial charge on any atom is -0.204 e. The maximum absolute atomic E-state index is 13.3. The minimum absolute atomic E-state index is 0.143. The van der Waals surface area contributed by atoms with Crippen molar-refractivity contribution in [3.05, 3.63) is 46.8 Å². The topological polar surface area (TPSA) is 0 Å². The molecule has 0 aliphatic heterocycles. The Bertz CT molecular complexity index is 488. The molecular weight excluding hydrogens is 273 g/mol. The predicted molar refractivity (Wildman–Crippen MR) is 79.7 cm³/mol. The summed E-state index contributed by atoms with van der Waals surface area (Å²) in [6, 6.07) is 2.31. The Morgan fingerprint density at radius 3 is 2.19 bits per heavy atom. The summed E-state index contributed by atoms with van der Waals surface area (Å²) < 4.78 is 39.6. The number of rotatable bonds is 4. The van der Waals surface area contributed by atoms with Gasteiger partial charge in [0.1, 0.15) is 0 Å². The van der Waals surface area contributed by atoms with Gasteiger partial charge >= 0.3 is 0 Å². The first-order valence-corrected chi connectivity index (χ1v) is 7.84. The third kappa shape index (κ3) is 3.90. The van der Waals surface area contributed by atoms with E-state index in [2.05, 4.69) is 19.9 Å². The number of hydrogen-bond acceptors (Lipinski definition) is 0. The first-order valence-electron chi connectivity index (χ1n) is 7.84. The fraction of sp³-hybridized carbons (Fsp3) is 0.556. The van der Waals surface area contributed by atoms with Crippen LogP contribution in [0.25, 0.3) is 0 Å². The second-order valence-corrected chi connectivity index (χ2v) is 6.08. The average molecular weight is 296 g/mol. The zero-order chi connectivity index (χ0) is 15.4. The van der Waals surface area contributed by atoms with Crippen LogP contribution in [0.3, 0.4) is 0 Å². The summed E-state index contributed by atoms with van der Waals surface area (Å²) in [5, 5.41) is 0. The summed E-state index contributed by atoms with van der Waals surface area (Å²) in [5.41, 5.74) is 2.03. The van der Waals surface area contributed by atoms with E-state index in [9.17, 15) is 13.2 Å². The van der Waals surface area contributed by atoms with Crippen LogP contribution in [0.4, 0.5) is 13.2 Å². The highest BCUT2D eigenvalue weighted by molar-refractivity contribution is 5.24. The molecule has 1 fully saturated rings. The van der Waals surface area contributed by atoms with E-state index in [1.54, 1.807) is 0 Å². The lowest BCUT2D eigenvalue weighted by Gasteiger charge is -2.29. The monoisotopic (exact) mass is 296 g/mol. The van der Waals surface area contributed by atoms with Gasteiger partial charge < -0.3 is 0 Å². The number of benzene rings is 1. The normalized spacial score (nSPS) is 23.4. The van der Waals surface area contributed by atoms with Gasteiger partial charge in [-0.3, -0.25) is 0 Å². The van der Waals surface area contributed by atoms with Gasteiger partial charge in [0.15, 0.2) is 17.5 Å². The molecule has 0 atom stereocenters. The average Bonchev–Trinajstić information content (AvgIpc) is 2.50. The second kappa shape index (κ2) is 7.15. The van der Waals surface area contributed by atoms with Gasteiger partial charge in [-0.05, 0) is 68.6 Å². The molecule has 1 aromatic rings. The van der Waals surface area contributed by atoms with E-state index in [0.717, 1.165) is 50.7 Å². The molecule has 0 saturated heterocycles. The second-order valence-electron chi connectivity index (χ2n) is 6.08. The molecule has 0 spiro atoms. The van der Waals surface area contributed by atoms with E-state index in [-0.39, 0.29) is 5.92 Å². The van der Waals surface area contributed by atoms with Crippen molar-refractivity contribution in [3.63, 3.8) is 0 Å². The standard InChI is InChI=1S/C18H23F3/c1-3-4-5-12(2)13-6-8-14(9-7-13)15-10-16(19)18(21)17(20)11-15/h5,10-11,13-14H,3-4,6-9H2,1-2H3/b12-5+. The van der Waals surface area contributed by atoms with E-state index in [0.29, 0.717) is 11.5 Å². The number of unbranched alkanes of at least 4 members (excludes halogenated alkanes) is 1. The molecule has 0 nitrogen and oxygen atoms in total. The van der Waals surface area contributed by atoms with E-state index in [1.807, 2.05) is 0 Å². The van der Waals surface area contributed by atoms with Crippen LogP contribution in [0.1, 0.15) is 63.9 Å². The maximum atomic E-state index is 13.3. The third-order valence-electron chi connectivity index (χ3n) is 4.60. The molecule has 21 heavy (non-hydrogen) atoms. The molecule has 0 unspecified atom stereocenters. The Balaban J connectivity index is 2.01. The molecule has 0 N–H and O–H groups in total. The Labute approximate surface area is 125 Å². The number of halogens is 3. The lowest BCUT2D eigenvalue weighted by molar-refractivity contribution is 0.358. The number of hydrogen-bond donors (Lipinski definition) is 0. The summed E-state index contributed by atoms with van der Waals surface area (Å²) >= 11 is 0. The number of allylic oxidation sites excluding steroid dienone is 2. The van der Waals surface area contributed by atoms with E-state index in [4.69, 9.17) is 0 Å². The molecule has 0 radical (unpaired) electrons. The van der Waals surface area contributed by atoms with Crippen LogP contribution in [0.15, 0.2) is 23.8 Å². The highest BCUT2D eigenvalue weighted by atomic mass is 19.2. The summed E-state index contributed by atoms with van der Waals surface area (Å²) in [4.78, 5) is 0. The fourth-order valence-corrected chi connectivity index (χ4v) is 3.23. The fourth-order valence-electron chi connectivity index (χ4n) is 3.23. The van der Waals surface area contributed by atoms with Gasteiger partial charge in [0, 0.05) is 0 Å². The molecule has 1 aliphatic carbocycles. The summed E-state index contributed by atoms with van der Waals surface area (Å²) in [6.07, 6.45) is 8.47. The zero-order valence-corrected chi connectivity index (χ0v) is 12.8. The first kappa shape index (κ1) is 16.1. The highest BCUT2D eigenvalue weighted by Crippen LogP contribution is 2.39. The lowest BCUT2D eigenvalue weighted by atomic mass is 9.76. The van der Waals surface area contributed by atoms with Crippen molar-refractivity contribution in [2.24, 2.45) is 5.92 Å².